The molecule has 2 fully saturated rings. The zero-order valence-corrected chi connectivity index (χ0v) is 11.0. The summed E-state index contributed by atoms with van der Waals surface area (Å²) < 4.78 is 0. The van der Waals surface area contributed by atoms with E-state index in [2.05, 4.69) is 13.8 Å². The van der Waals surface area contributed by atoms with Crippen LogP contribution in [0.3, 0.4) is 0 Å². The van der Waals surface area contributed by atoms with Gasteiger partial charge in [0.05, 0.1) is 5.60 Å². The molecule has 94 valence electrons. The van der Waals surface area contributed by atoms with E-state index in [0.29, 0.717) is 5.92 Å². The lowest BCUT2D eigenvalue weighted by Gasteiger charge is -2.42. The third kappa shape index (κ3) is 2.80. The van der Waals surface area contributed by atoms with Gasteiger partial charge in [-0.25, -0.2) is 0 Å². The third-order valence-electron chi connectivity index (χ3n) is 4.91. The molecule has 0 spiro atoms. The van der Waals surface area contributed by atoms with Gasteiger partial charge in [0.1, 0.15) is 0 Å². The lowest BCUT2D eigenvalue weighted by molar-refractivity contribution is -0.0596. The second kappa shape index (κ2) is 5.08. The van der Waals surface area contributed by atoms with Gasteiger partial charge in [0.25, 0.3) is 0 Å². The molecule has 0 heterocycles. The van der Waals surface area contributed by atoms with E-state index >= 15 is 0 Å². The molecule has 0 bridgehead atoms. The Kier molecular flexibility index (Phi) is 3.94. The van der Waals surface area contributed by atoms with Crippen molar-refractivity contribution in [3.63, 3.8) is 0 Å². The summed E-state index contributed by atoms with van der Waals surface area (Å²) in [6.07, 6.45) is 11.2. The molecule has 2 aliphatic rings. The quantitative estimate of drug-likeness (QED) is 0.664. The second-order valence-corrected chi connectivity index (χ2v) is 6.63. The summed E-state index contributed by atoms with van der Waals surface area (Å²) >= 11 is 0. The molecule has 0 aromatic heterocycles. The number of aliphatic hydroxyl groups is 1. The average molecular weight is 224 g/mol. The van der Waals surface area contributed by atoms with Gasteiger partial charge in [-0.15, -0.1) is 0 Å². The van der Waals surface area contributed by atoms with Crippen LogP contribution < -0.4 is 0 Å². The van der Waals surface area contributed by atoms with Crippen LogP contribution in [-0.2, 0) is 0 Å². The van der Waals surface area contributed by atoms with Gasteiger partial charge in [0.15, 0.2) is 0 Å². The number of rotatable bonds is 1. The topological polar surface area (TPSA) is 20.2 Å². The van der Waals surface area contributed by atoms with Gasteiger partial charge in [-0.2, -0.15) is 0 Å². The molecule has 2 aliphatic carbocycles. The molecule has 2 atom stereocenters. The van der Waals surface area contributed by atoms with Crippen molar-refractivity contribution in [1.82, 2.24) is 0 Å². The zero-order valence-electron chi connectivity index (χ0n) is 11.0. The normalized spacial score (nSPS) is 40.3. The van der Waals surface area contributed by atoms with E-state index in [1.165, 1.54) is 44.9 Å². The molecule has 1 nitrogen and oxygen atoms in total. The summed E-state index contributed by atoms with van der Waals surface area (Å²) in [6, 6.07) is 0. The van der Waals surface area contributed by atoms with Crippen LogP contribution in [0.1, 0.15) is 71.6 Å². The summed E-state index contributed by atoms with van der Waals surface area (Å²) in [7, 11) is 0. The minimum absolute atomic E-state index is 0.306. The molecule has 0 aromatic carbocycles. The first kappa shape index (κ1) is 12.4. The summed E-state index contributed by atoms with van der Waals surface area (Å²) in [5.74, 6) is 2.23. The molecule has 2 unspecified atom stereocenters. The van der Waals surface area contributed by atoms with Crippen molar-refractivity contribution in [2.75, 3.05) is 0 Å². The lowest BCUT2D eigenvalue weighted by atomic mass is 9.67. The van der Waals surface area contributed by atoms with Crippen molar-refractivity contribution in [3.05, 3.63) is 0 Å². The van der Waals surface area contributed by atoms with Crippen molar-refractivity contribution in [1.29, 1.82) is 0 Å². The van der Waals surface area contributed by atoms with Crippen LogP contribution in [-0.4, -0.2) is 10.7 Å². The molecule has 0 saturated heterocycles. The predicted octanol–water partition coefficient (Wildman–Crippen LogP) is 4.14. The van der Waals surface area contributed by atoms with Crippen molar-refractivity contribution in [3.8, 4) is 0 Å². The van der Waals surface area contributed by atoms with E-state index in [-0.39, 0.29) is 5.60 Å². The maximum absolute atomic E-state index is 10.9. The van der Waals surface area contributed by atoms with Gasteiger partial charge in [-0.3, -0.25) is 0 Å². The lowest BCUT2D eigenvalue weighted by Crippen LogP contribution is -2.41. The highest BCUT2D eigenvalue weighted by molar-refractivity contribution is 4.92. The SMILES string of the molecule is CC1CC(C)CC(C2(O)CCCCCC2)C1. The molecule has 0 amide bonds. The Labute approximate surface area is 101 Å². The molecule has 2 rings (SSSR count). The molecular formula is C15H28O. The van der Waals surface area contributed by atoms with E-state index in [0.717, 1.165) is 24.7 Å². The molecule has 0 aliphatic heterocycles. The fourth-order valence-corrected chi connectivity index (χ4v) is 4.13. The maximum atomic E-state index is 10.9. The number of hydrogen-bond donors (Lipinski definition) is 1. The highest BCUT2D eigenvalue weighted by atomic mass is 16.3. The fourth-order valence-electron chi connectivity index (χ4n) is 4.13. The van der Waals surface area contributed by atoms with Crippen molar-refractivity contribution < 1.29 is 5.11 Å². The van der Waals surface area contributed by atoms with E-state index in [4.69, 9.17) is 0 Å². The molecule has 0 aromatic rings. The van der Waals surface area contributed by atoms with Crippen molar-refractivity contribution in [2.45, 2.75) is 77.2 Å². The third-order valence-corrected chi connectivity index (χ3v) is 4.91. The minimum Gasteiger partial charge on any atom is -0.390 e. The Hall–Kier alpha value is -0.0400. The first-order valence-electron chi connectivity index (χ1n) is 7.32. The molecule has 1 N–H and O–H groups in total. The minimum atomic E-state index is -0.306. The maximum Gasteiger partial charge on any atom is 0.0676 e. The van der Waals surface area contributed by atoms with Crippen LogP contribution >= 0.6 is 0 Å². The highest BCUT2D eigenvalue weighted by Crippen LogP contribution is 2.44. The largest absolute Gasteiger partial charge is 0.390 e. The van der Waals surface area contributed by atoms with Crippen LogP contribution in [0, 0.1) is 17.8 Å². The first-order chi connectivity index (χ1) is 7.60. The Morgan fingerprint density at radius 3 is 1.81 bits per heavy atom. The van der Waals surface area contributed by atoms with Crippen molar-refractivity contribution in [2.24, 2.45) is 17.8 Å². The second-order valence-electron chi connectivity index (χ2n) is 6.63. The fraction of sp³-hybridized carbons (Fsp3) is 1.00. The monoisotopic (exact) mass is 224 g/mol. The smallest absolute Gasteiger partial charge is 0.0676 e. The van der Waals surface area contributed by atoms with Crippen LogP contribution in [0.2, 0.25) is 0 Å². The van der Waals surface area contributed by atoms with E-state index in [1.54, 1.807) is 0 Å². The van der Waals surface area contributed by atoms with Gasteiger partial charge in [-0.05, 0) is 49.9 Å². The van der Waals surface area contributed by atoms with Crippen molar-refractivity contribution >= 4 is 0 Å². The molecule has 2 saturated carbocycles. The standard InChI is InChI=1S/C15H28O/c1-12-9-13(2)11-14(10-12)15(16)7-5-3-4-6-8-15/h12-14,16H,3-11H2,1-2H3. The Balaban J connectivity index is 2.02. The zero-order chi connectivity index (χ0) is 11.6. The van der Waals surface area contributed by atoms with Crippen LogP contribution in [0.4, 0.5) is 0 Å². The summed E-state index contributed by atoms with van der Waals surface area (Å²) in [4.78, 5) is 0. The van der Waals surface area contributed by atoms with E-state index in [9.17, 15) is 5.11 Å². The average Bonchev–Trinajstić information content (AvgIpc) is 2.43. The molecule has 1 heteroatoms. The van der Waals surface area contributed by atoms with Crippen LogP contribution in [0.25, 0.3) is 0 Å². The molecule has 0 radical (unpaired) electrons. The Morgan fingerprint density at radius 2 is 1.31 bits per heavy atom. The first-order valence-corrected chi connectivity index (χ1v) is 7.32. The summed E-state index contributed by atoms with van der Waals surface area (Å²) in [5, 5.41) is 10.9. The molecule has 16 heavy (non-hydrogen) atoms. The van der Waals surface area contributed by atoms with Gasteiger partial charge >= 0.3 is 0 Å². The highest BCUT2D eigenvalue weighted by Gasteiger charge is 2.40. The number of hydrogen-bond acceptors (Lipinski definition) is 1. The summed E-state index contributed by atoms with van der Waals surface area (Å²) in [6.45, 7) is 4.73. The van der Waals surface area contributed by atoms with Gasteiger partial charge in [0, 0.05) is 0 Å². The Bertz CT molecular complexity index is 205. The van der Waals surface area contributed by atoms with Gasteiger partial charge < -0.3 is 5.11 Å². The van der Waals surface area contributed by atoms with E-state index < -0.39 is 0 Å². The van der Waals surface area contributed by atoms with Gasteiger partial charge in [-0.1, -0.05) is 39.5 Å². The van der Waals surface area contributed by atoms with Gasteiger partial charge in [0.2, 0.25) is 0 Å². The van der Waals surface area contributed by atoms with Crippen LogP contribution in [0.15, 0.2) is 0 Å². The predicted molar refractivity (Wildman–Crippen MR) is 68.3 cm³/mol. The summed E-state index contributed by atoms with van der Waals surface area (Å²) in [5.41, 5.74) is -0.306. The van der Waals surface area contributed by atoms with Crippen LogP contribution in [0.5, 0.6) is 0 Å². The Morgan fingerprint density at radius 1 is 0.812 bits per heavy atom. The van der Waals surface area contributed by atoms with E-state index in [1.807, 2.05) is 0 Å². The molecular weight excluding hydrogens is 196 g/mol.